The molecule has 0 bridgehead atoms. The summed E-state index contributed by atoms with van der Waals surface area (Å²) in [4.78, 5) is 14.3. The molecule has 1 aromatic rings. The molecule has 0 aliphatic carbocycles. The van der Waals surface area contributed by atoms with Gasteiger partial charge in [0.2, 0.25) is 0 Å². The molecule has 1 aromatic carbocycles. The minimum absolute atomic E-state index is 0.0895. The van der Waals surface area contributed by atoms with Crippen molar-refractivity contribution in [2.24, 2.45) is 0 Å². The van der Waals surface area contributed by atoms with Gasteiger partial charge in [-0.05, 0) is 50.8 Å². The Hall–Kier alpha value is -1.35. The van der Waals surface area contributed by atoms with E-state index in [1.807, 2.05) is 43.9 Å². The van der Waals surface area contributed by atoms with Crippen LogP contribution in [-0.2, 0) is 0 Å². The van der Waals surface area contributed by atoms with Gasteiger partial charge < -0.3 is 10.0 Å². The molecule has 3 heteroatoms. The molecule has 2 rings (SSSR count). The number of likely N-dealkylation sites (tertiary alicyclic amines) is 1. The first-order valence-electron chi connectivity index (χ1n) is 6.48. The van der Waals surface area contributed by atoms with Gasteiger partial charge >= 0.3 is 0 Å². The van der Waals surface area contributed by atoms with Crippen LogP contribution in [0.1, 0.15) is 41.3 Å². The smallest absolute Gasteiger partial charge is 0.254 e. The summed E-state index contributed by atoms with van der Waals surface area (Å²) in [5.74, 6) is 0.0895. The fraction of sp³-hybridized carbons (Fsp3) is 0.533. The summed E-state index contributed by atoms with van der Waals surface area (Å²) in [6.07, 6.45) is 1.31. The van der Waals surface area contributed by atoms with E-state index in [1.54, 1.807) is 0 Å². The summed E-state index contributed by atoms with van der Waals surface area (Å²) in [6, 6.07) is 5.83. The third kappa shape index (κ3) is 2.56. The van der Waals surface area contributed by atoms with Gasteiger partial charge in [-0.2, -0.15) is 0 Å². The van der Waals surface area contributed by atoms with Crippen molar-refractivity contribution in [3.63, 3.8) is 0 Å². The molecule has 98 valence electrons. The van der Waals surface area contributed by atoms with Gasteiger partial charge in [0.05, 0.1) is 5.60 Å². The van der Waals surface area contributed by atoms with Gasteiger partial charge in [0.15, 0.2) is 0 Å². The highest BCUT2D eigenvalue weighted by atomic mass is 16.3. The molecule has 1 aliphatic rings. The highest BCUT2D eigenvalue weighted by Gasteiger charge is 2.30. The van der Waals surface area contributed by atoms with Crippen molar-refractivity contribution in [3.8, 4) is 0 Å². The van der Waals surface area contributed by atoms with Crippen LogP contribution in [0.25, 0.3) is 0 Å². The molecule has 0 spiro atoms. The summed E-state index contributed by atoms with van der Waals surface area (Å²) >= 11 is 0. The first kappa shape index (κ1) is 13.1. The number of rotatable bonds is 1. The van der Waals surface area contributed by atoms with E-state index in [2.05, 4.69) is 0 Å². The largest absolute Gasteiger partial charge is 0.390 e. The molecule has 18 heavy (non-hydrogen) atoms. The predicted molar refractivity (Wildman–Crippen MR) is 71.7 cm³/mol. The summed E-state index contributed by atoms with van der Waals surface area (Å²) < 4.78 is 0. The molecule has 1 N–H and O–H groups in total. The van der Waals surface area contributed by atoms with E-state index in [4.69, 9.17) is 0 Å². The van der Waals surface area contributed by atoms with Crippen molar-refractivity contribution in [2.75, 3.05) is 13.1 Å². The number of amides is 1. The Kier molecular flexibility index (Phi) is 3.44. The lowest BCUT2D eigenvalue weighted by molar-refractivity contribution is -0.00204. The molecule has 1 saturated heterocycles. The number of carbonyl (C=O) groups excluding carboxylic acids is 1. The lowest BCUT2D eigenvalue weighted by atomic mass is 9.93. The third-order valence-electron chi connectivity index (χ3n) is 3.96. The second-order valence-electron chi connectivity index (χ2n) is 5.54. The maximum Gasteiger partial charge on any atom is 0.254 e. The average Bonchev–Trinajstić information content (AvgIpc) is 2.32. The van der Waals surface area contributed by atoms with Crippen LogP contribution >= 0.6 is 0 Å². The molecule has 1 fully saturated rings. The van der Waals surface area contributed by atoms with E-state index >= 15 is 0 Å². The van der Waals surface area contributed by atoms with Gasteiger partial charge in [0, 0.05) is 18.7 Å². The molecule has 0 saturated carbocycles. The Morgan fingerprint density at radius 2 is 1.89 bits per heavy atom. The van der Waals surface area contributed by atoms with Crippen LogP contribution in [0.4, 0.5) is 0 Å². The lowest BCUT2D eigenvalue weighted by Gasteiger charge is -2.36. The van der Waals surface area contributed by atoms with Crippen LogP contribution in [0.3, 0.4) is 0 Å². The number of nitrogens with zero attached hydrogens (tertiary/aromatic N) is 1. The summed E-state index contributed by atoms with van der Waals surface area (Å²) in [5, 5.41) is 9.91. The van der Waals surface area contributed by atoms with Crippen LogP contribution in [0, 0.1) is 13.8 Å². The van der Waals surface area contributed by atoms with Gasteiger partial charge in [0.25, 0.3) is 5.91 Å². The topological polar surface area (TPSA) is 40.5 Å². The molecule has 0 unspecified atom stereocenters. The number of piperidine rings is 1. The molecular formula is C15H21NO2. The highest BCUT2D eigenvalue weighted by molar-refractivity contribution is 5.96. The predicted octanol–water partition coefficient (Wildman–Crippen LogP) is 2.29. The first-order valence-corrected chi connectivity index (χ1v) is 6.48. The van der Waals surface area contributed by atoms with Crippen LogP contribution in [0.2, 0.25) is 0 Å². The number of carbonyl (C=O) groups is 1. The second kappa shape index (κ2) is 4.73. The van der Waals surface area contributed by atoms with Crippen molar-refractivity contribution in [3.05, 3.63) is 34.9 Å². The highest BCUT2D eigenvalue weighted by Crippen LogP contribution is 2.23. The molecule has 0 radical (unpaired) electrons. The molecule has 1 heterocycles. The molecule has 1 aliphatic heterocycles. The lowest BCUT2D eigenvalue weighted by Crippen LogP contribution is -2.45. The van der Waals surface area contributed by atoms with Crippen molar-refractivity contribution >= 4 is 5.91 Å². The minimum Gasteiger partial charge on any atom is -0.390 e. The standard InChI is InChI=1S/C15H21NO2/c1-11-5-4-6-13(12(11)2)14(17)16-9-7-15(3,18)8-10-16/h4-6,18H,7-10H2,1-3H3. The third-order valence-corrected chi connectivity index (χ3v) is 3.96. The van der Waals surface area contributed by atoms with Crippen LogP contribution in [-0.4, -0.2) is 34.6 Å². The molecule has 0 aromatic heterocycles. The Balaban J connectivity index is 2.15. The van der Waals surface area contributed by atoms with E-state index in [0.29, 0.717) is 25.9 Å². The zero-order valence-corrected chi connectivity index (χ0v) is 11.4. The van der Waals surface area contributed by atoms with Crippen molar-refractivity contribution < 1.29 is 9.90 Å². The fourth-order valence-corrected chi connectivity index (χ4v) is 2.34. The van der Waals surface area contributed by atoms with Gasteiger partial charge in [-0.1, -0.05) is 12.1 Å². The van der Waals surface area contributed by atoms with E-state index in [1.165, 1.54) is 0 Å². The van der Waals surface area contributed by atoms with E-state index < -0.39 is 5.60 Å². The Labute approximate surface area is 108 Å². The fourth-order valence-electron chi connectivity index (χ4n) is 2.34. The second-order valence-corrected chi connectivity index (χ2v) is 5.54. The first-order chi connectivity index (χ1) is 8.41. The van der Waals surface area contributed by atoms with Gasteiger partial charge in [-0.15, -0.1) is 0 Å². The zero-order valence-electron chi connectivity index (χ0n) is 11.4. The minimum atomic E-state index is -0.613. The number of hydrogen-bond donors (Lipinski definition) is 1. The molecular weight excluding hydrogens is 226 g/mol. The Morgan fingerprint density at radius 1 is 1.28 bits per heavy atom. The van der Waals surface area contributed by atoms with E-state index in [0.717, 1.165) is 16.7 Å². The van der Waals surface area contributed by atoms with Crippen LogP contribution < -0.4 is 0 Å². The number of benzene rings is 1. The number of aliphatic hydroxyl groups is 1. The summed E-state index contributed by atoms with van der Waals surface area (Å²) in [7, 11) is 0. The summed E-state index contributed by atoms with van der Waals surface area (Å²) in [5.41, 5.74) is 2.37. The zero-order chi connectivity index (χ0) is 13.3. The van der Waals surface area contributed by atoms with Gasteiger partial charge in [0.1, 0.15) is 0 Å². The molecule has 1 amide bonds. The number of aryl methyl sites for hydroxylation is 1. The Morgan fingerprint density at radius 3 is 2.50 bits per heavy atom. The monoisotopic (exact) mass is 247 g/mol. The van der Waals surface area contributed by atoms with Crippen LogP contribution in [0.15, 0.2) is 18.2 Å². The summed E-state index contributed by atoms with van der Waals surface area (Å²) in [6.45, 7) is 7.13. The quantitative estimate of drug-likeness (QED) is 0.827. The molecule has 0 atom stereocenters. The SMILES string of the molecule is Cc1cccc(C(=O)N2CCC(C)(O)CC2)c1C. The van der Waals surface area contributed by atoms with Crippen molar-refractivity contribution in [2.45, 2.75) is 39.2 Å². The molecule has 3 nitrogen and oxygen atoms in total. The van der Waals surface area contributed by atoms with Gasteiger partial charge in [-0.25, -0.2) is 0 Å². The van der Waals surface area contributed by atoms with Crippen molar-refractivity contribution in [1.82, 2.24) is 4.90 Å². The van der Waals surface area contributed by atoms with E-state index in [9.17, 15) is 9.90 Å². The Bertz CT molecular complexity index is 456. The normalized spacial score (nSPS) is 18.8. The van der Waals surface area contributed by atoms with Crippen molar-refractivity contribution in [1.29, 1.82) is 0 Å². The average molecular weight is 247 g/mol. The maximum absolute atomic E-state index is 12.4. The number of hydrogen-bond acceptors (Lipinski definition) is 2. The van der Waals surface area contributed by atoms with Crippen LogP contribution in [0.5, 0.6) is 0 Å². The van der Waals surface area contributed by atoms with Gasteiger partial charge in [-0.3, -0.25) is 4.79 Å². The maximum atomic E-state index is 12.4. The van der Waals surface area contributed by atoms with E-state index in [-0.39, 0.29) is 5.91 Å².